The van der Waals surface area contributed by atoms with E-state index in [-0.39, 0.29) is 46.2 Å². The fourth-order valence-electron chi connectivity index (χ4n) is 3.97. The zero-order valence-electron chi connectivity index (χ0n) is 23.5. The fraction of sp³-hybridized carbons (Fsp3) is 0.267. The molecule has 1 aromatic heterocycles. The van der Waals surface area contributed by atoms with Crippen LogP contribution < -0.4 is 15.4 Å². The molecule has 220 valence electrons. The third-order valence-corrected chi connectivity index (χ3v) is 7.19. The number of carbonyl (C=O) groups excluding carboxylic acids is 2. The molecule has 0 saturated heterocycles. The Morgan fingerprint density at radius 1 is 0.929 bits per heavy atom. The van der Waals surface area contributed by atoms with Crippen molar-refractivity contribution in [1.29, 1.82) is 0 Å². The molecule has 4 aromatic rings. The molecule has 0 aliphatic heterocycles. The summed E-state index contributed by atoms with van der Waals surface area (Å²) in [6.07, 6.45) is -4.57. The number of aromatic nitrogens is 3. The van der Waals surface area contributed by atoms with Gasteiger partial charge in [0.15, 0.2) is 11.0 Å². The molecule has 2 amide bonds. The third kappa shape index (κ3) is 7.69. The first-order chi connectivity index (χ1) is 19.8. The maximum atomic E-state index is 13.5. The van der Waals surface area contributed by atoms with E-state index in [1.54, 1.807) is 36.4 Å². The van der Waals surface area contributed by atoms with Crippen molar-refractivity contribution in [1.82, 2.24) is 20.1 Å². The second-order valence-electron chi connectivity index (χ2n) is 10.4. The topological polar surface area (TPSA) is 98.1 Å². The van der Waals surface area contributed by atoms with E-state index in [1.165, 1.54) is 23.8 Å². The zero-order chi connectivity index (χ0) is 30.5. The lowest BCUT2D eigenvalue weighted by Gasteiger charge is -2.19. The second kappa shape index (κ2) is 12.7. The largest absolute Gasteiger partial charge is 0.497 e. The van der Waals surface area contributed by atoms with Gasteiger partial charge < -0.3 is 15.4 Å². The number of thioether (sulfide) groups is 1. The molecule has 12 heteroatoms. The number of rotatable bonds is 9. The van der Waals surface area contributed by atoms with Gasteiger partial charge in [-0.1, -0.05) is 50.7 Å². The summed E-state index contributed by atoms with van der Waals surface area (Å²) in [5.41, 5.74) is 1.27. The Hall–Kier alpha value is -4.32. The average Bonchev–Trinajstić information content (AvgIpc) is 3.37. The van der Waals surface area contributed by atoms with Crippen LogP contribution >= 0.6 is 11.8 Å². The van der Waals surface area contributed by atoms with Crippen molar-refractivity contribution in [2.75, 3.05) is 18.2 Å². The number of hydrogen-bond donors (Lipinski definition) is 2. The fourth-order valence-corrected chi connectivity index (χ4v) is 4.74. The van der Waals surface area contributed by atoms with Gasteiger partial charge in [0.2, 0.25) is 5.91 Å². The number of amides is 2. The van der Waals surface area contributed by atoms with Gasteiger partial charge in [0.25, 0.3) is 5.91 Å². The number of carbonyl (C=O) groups is 2. The standard InChI is InChI=1S/C30H30F3N5O3S/c1-29(2,3)20-10-8-19(9-11-20)27(40)34-17-25-36-37-28(38(25)23-7-5-6-21(16-23)30(31,32)33)42-18-26(39)35-22-12-14-24(41-4)15-13-22/h5-16H,17-18H2,1-4H3,(H,34,40)(H,35,39). The van der Waals surface area contributed by atoms with Crippen LogP contribution in [-0.4, -0.2) is 39.4 Å². The van der Waals surface area contributed by atoms with Crippen LogP contribution in [0, 0.1) is 0 Å². The van der Waals surface area contributed by atoms with Crippen LogP contribution in [0.4, 0.5) is 18.9 Å². The van der Waals surface area contributed by atoms with Crippen LogP contribution in [-0.2, 0) is 22.9 Å². The number of benzene rings is 3. The zero-order valence-corrected chi connectivity index (χ0v) is 24.3. The Kier molecular flexibility index (Phi) is 9.25. The maximum absolute atomic E-state index is 13.5. The van der Waals surface area contributed by atoms with Gasteiger partial charge in [-0.2, -0.15) is 13.2 Å². The van der Waals surface area contributed by atoms with Crippen LogP contribution in [0.1, 0.15) is 48.1 Å². The molecule has 0 aliphatic rings. The lowest BCUT2D eigenvalue weighted by Crippen LogP contribution is -2.25. The number of methoxy groups -OCH3 is 1. The molecule has 0 radical (unpaired) electrons. The summed E-state index contributed by atoms with van der Waals surface area (Å²) in [4.78, 5) is 25.5. The highest BCUT2D eigenvalue weighted by Gasteiger charge is 2.31. The Morgan fingerprint density at radius 3 is 2.24 bits per heavy atom. The highest BCUT2D eigenvalue weighted by Crippen LogP contribution is 2.32. The smallest absolute Gasteiger partial charge is 0.416 e. The normalized spacial score (nSPS) is 11.7. The molecule has 0 atom stereocenters. The van der Waals surface area contributed by atoms with E-state index in [1.807, 2.05) is 12.1 Å². The second-order valence-corrected chi connectivity index (χ2v) is 11.3. The van der Waals surface area contributed by atoms with Gasteiger partial charge in [-0.25, -0.2) is 0 Å². The van der Waals surface area contributed by atoms with E-state index >= 15 is 0 Å². The van der Waals surface area contributed by atoms with E-state index in [2.05, 4.69) is 41.6 Å². The van der Waals surface area contributed by atoms with Crippen molar-refractivity contribution in [3.63, 3.8) is 0 Å². The predicted octanol–water partition coefficient (Wildman–Crippen LogP) is 6.25. The molecule has 4 rings (SSSR count). The monoisotopic (exact) mass is 597 g/mol. The van der Waals surface area contributed by atoms with E-state index in [9.17, 15) is 22.8 Å². The van der Waals surface area contributed by atoms with Gasteiger partial charge in [-0.05, 0) is 65.6 Å². The van der Waals surface area contributed by atoms with Crippen LogP contribution in [0.5, 0.6) is 5.75 Å². The van der Waals surface area contributed by atoms with Gasteiger partial charge in [0.1, 0.15) is 5.75 Å². The highest BCUT2D eigenvalue weighted by molar-refractivity contribution is 7.99. The average molecular weight is 598 g/mol. The minimum atomic E-state index is -4.57. The molecule has 8 nitrogen and oxygen atoms in total. The first kappa shape index (κ1) is 30.6. The summed E-state index contributed by atoms with van der Waals surface area (Å²) in [5, 5.41) is 14.0. The Balaban J connectivity index is 1.54. The SMILES string of the molecule is COc1ccc(NC(=O)CSc2nnc(CNC(=O)c3ccc(C(C)(C)C)cc3)n2-c2cccc(C(F)(F)F)c2)cc1. The van der Waals surface area contributed by atoms with Crippen molar-refractivity contribution >= 4 is 29.3 Å². The molecule has 0 unspecified atom stereocenters. The molecule has 42 heavy (non-hydrogen) atoms. The maximum Gasteiger partial charge on any atom is 0.416 e. The van der Waals surface area contributed by atoms with E-state index in [4.69, 9.17) is 4.74 Å². The number of hydrogen-bond acceptors (Lipinski definition) is 6. The van der Waals surface area contributed by atoms with Crippen LogP contribution in [0.15, 0.2) is 78.0 Å². The van der Waals surface area contributed by atoms with Gasteiger partial charge in [0.05, 0.1) is 30.7 Å². The van der Waals surface area contributed by atoms with Crippen molar-refractivity contribution in [3.8, 4) is 11.4 Å². The van der Waals surface area contributed by atoms with Crippen molar-refractivity contribution in [2.45, 2.75) is 44.1 Å². The summed E-state index contributed by atoms with van der Waals surface area (Å²) < 4.78 is 47.0. The summed E-state index contributed by atoms with van der Waals surface area (Å²) in [6, 6.07) is 18.7. The quantitative estimate of drug-likeness (QED) is 0.221. The third-order valence-electron chi connectivity index (χ3n) is 6.26. The first-order valence-electron chi connectivity index (χ1n) is 12.9. The number of ether oxygens (including phenoxy) is 1. The number of halogens is 3. The van der Waals surface area contributed by atoms with E-state index < -0.39 is 11.7 Å². The van der Waals surface area contributed by atoms with Gasteiger partial charge in [0, 0.05) is 11.3 Å². The molecule has 1 heterocycles. The molecule has 2 N–H and O–H groups in total. The lowest BCUT2D eigenvalue weighted by molar-refractivity contribution is -0.137. The molecule has 0 saturated carbocycles. The Morgan fingerprint density at radius 2 is 1.62 bits per heavy atom. The minimum absolute atomic E-state index is 0.0734. The summed E-state index contributed by atoms with van der Waals surface area (Å²) >= 11 is 1.00. The van der Waals surface area contributed by atoms with Crippen molar-refractivity contribution in [2.24, 2.45) is 0 Å². The van der Waals surface area contributed by atoms with Gasteiger partial charge in [-0.3, -0.25) is 14.2 Å². The van der Waals surface area contributed by atoms with Crippen LogP contribution in [0.3, 0.4) is 0 Å². The molecule has 0 spiro atoms. The predicted molar refractivity (Wildman–Crippen MR) is 155 cm³/mol. The minimum Gasteiger partial charge on any atom is -0.497 e. The van der Waals surface area contributed by atoms with E-state index in [0.717, 1.165) is 29.5 Å². The first-order valence-corrected chi connectivity index (χ1v) is 13.9. The summed E-state index contributed by atoms with van der Waals surface area (Å²) in [7, 11) is 1.54. The van der Waals surface area contributed by atoms with Crippen molar-refractivity contribution < 1.29 is 27.5 Å². The highest BCUT2D eigenvalue weighted by atomic mass is 32.2. The van der Waals surface area contributed by atoms with Gasteiger partial charge in [-0.15, -0.1) is 10.2 Å². The molecule has 3 aromatic carbocycles. The number of nitrogens with zero attached hydrogens (tertiary/aromatic N) is 3. The number of nitrogens with one attached hydrogen (secondary N) is 2. The molecular weight excluding hydrogens is 567 g/mol. The van der Waals surface area contributed by atoms with E-state index in [0.29, 0.717) is 17.0 Å². The Bertz CT molecular complexity index is 1550. The number of anilines is 1. The molecule has 0 aliphatic carbocycles. The molecular formula is C30H30F3N5O3S. The number of alkyl halides is 3. The lowest BCUT2D eigenvalue weighted by atomic mass is 9.87. The summed E-state index contributed by atoms with van der Waals surface area (Å²) in [5.74, 6) is 0.0277. The Labute approximate surface area is 245 Å². The van der Waals surface area contributed by atoms with Crippen LogP contribution in [0.25, 0.3) is 5.69 Å². The van der Waals surface area contributed by atoms with Gasteiger partial charge >= 0.3 is 6.18 Å². The molecule has 0 bridgehead atoms. The molecule has 0 fully saturated rings. The van der Waals surface area contributed by atoms with Crippen molar-refractivity contribution in [3.05, 3.63) is 95.3 Å². The summed E-state index contributed by atoms with van der Waals surface area (Å²) in [6.45, 7) is 6.10. The van der Waals surface area contributed by atoms with Crippen LogP contribution in [0.2, 0.25) is 0 Å².